The summed E-state index contributed by atoms with van der Waals surface area (Å²) in [5, 5.41) is 0. The van der Waals surface area contributed by atoms with Crippen LogP contribution in [0.4, 0.5) is 0 Å². The van der Waals surface area contributed by atoms with E-state index in [1.807, 2.05) is 0 Å². The lowest BCUT2D eigenvalue weighted by molar-refractivity contribution is 0.528. The average molecular weight is 151 g/mol. The minimum Gasteiger partial charge on any atom is -0.0877 e. The highest BCUT2D eigenvalue weighted by Gasteiger charge is 2.11. The van der Waals surface area contributed by atoms with Crippen LogP contribution in [0.5, 0.6) is 0 Å². The molecule has 0 saturated carbocycles. The van der Waals surface area contributed by atoms with Crippen LogP contribution < -0.4 is 0 Å². The Hall–Kier alpha value is -0.520. The molecule has 0 aromatic carbocycles. The van der Waals surface area contributed by atoms with Gasteiger partial charge in [0.1, 0.15) is 0 Å². The Labute approximate surface area is 71.0 Å². The molecule has 0 fully saturated rings. The van der Waals surface area contributed by atoms with Crippen molar-refractivity contribution in [2.75, 3.05) is 0 Å². The Kier molecular flexibility index (Phi) is 4.93. The average Bonchev–Trinajstić information content (AvgIpc) is 2.05. The molecule has 0 saturated heterocycles. The first kappa shape index (κ1) is 10.5. The van der Waals surface area contributed by atoms with E-state index < -0.39 is 0 Å². The van der Waals surface area contributed by atoms with Gasteiger partial charge in [0.15, 0.2) is 0 Å². The SMILES string of the molecule is [CH]=CC(C)(C=CCCC)CC. The second-order valence-corrected chi connectivity index (χ2v) is 3.22. The van der Waals surface area contributed by atoms with Gasteiger partial charge in [0.25, 0.3) is 0 Å². The molecular formula is C11H19. The molecule has 0 aliphatic heterocycles. The number of allylic oxidation sites excluding steroid dienone is 3. The van der Waals surface area contributed by atoms with Gasteiger partial charge in [-0.15, -0.1) is 0 Å². The van der Waals surface area contributed by atoms with Gasteiger partial charge in [-0.05, 0) is 12.8 Å². The van der Waals surface area contributed by atoms with E-state index in [-0.39, 0.29) is 5.41 Å². The molecule has 0 nitrogen and oxygen atoms in total. The van der Waals surface area contributed by atoms with Crippen LogP contribution in [0.25, 0.3) is 0 Å². The molecule has 63 valence electrons. The molecule has 0 aliphatic carbocycles. The van der Waals surface area contributed by atoms with E-state index in [0.717, 1.165) is 12.8 Å². The normalized spacial score (nSPS) is 16.6. The molecule has 0 amide bonds. The minimum absolute atomic E-state index is 0.106. The molecule has 0 aromatic rings. The molecule has 11 heavy (non-hydrogen) atoms. The first-order chi connectivity index (χ1) is 5.18. The molecule has 1 unspecified atom stereocenters. The van der Waals surface area contributed by atoms with Crippen LogP contribution in [-0.4, -0.2) is 0 Å². The predicted octanol–water partition coefficient (Wildman–Crippen LogP) is 3.75. The quantitative estimate of drug-likeness (QED) is 0.525. The number of rotatable bonds is 5. The second kappa shape index (κ2) is 5.17. The lowest BCUT2D eigenvalue weighted by Crippen LogP contribution is -2.06. The van der Waals surface area contributed by atoms with Gasteiger partial charge in [0.2, 0.25) is 0 Å². The van der Waals surface area contributed by atoms with Gasteiger partial charge in [0.05, 0.1) is 0 Å². The van der Waals surface area contributed by atoms with Crippen LogP contribution in [0.2, 0.25) is 0 Å². The Morgan fingerprint density at radius 2 is 2.00 bits per heavy atom. The zero-order valence-corrected chi connectivity index (χ0v) is 7.93. The lowest BCUT2D eigenvalue weighted by Gasteiger charge is -2.18. The van der Waals surface area contributed by atoms with E-state index in [1.54, 1.807) is 6.08 Å². The first-order valence-corrected chi connectivity index (χ1v) is 4.42. The summed E-state index contributed by atoms with van der Waals surface area (Å²) in [6, 6.07) is 0. The number of hydrogen-bond donors (Lipinski definition) is 0. The Balaban J connectivity index is 3.95. The van der Waals surface area contributed by atoms with Crippen molar-refractivity contribution in [3.63, 3.8) is 0 Å². The van der Waals surface area contributed by atoms with E-state index in [1.165, 1.54) is 6.42 Å². The van der Waals surface area contributed by atoms with Gasteiger partial charge in [-0.3, -0.25) is 0 Å². The van der Waals surface area contributed by atoms with Gasteiger partial charge in [-0.25, -0.2) is 0 Å². The molecule has 0 aromatic heterocycles. The van der Waals surface area contributed by atoms with Crippen molar-refractivity contribution in [1.29, 1.82) is 0 Å². The molecule has 0 heteroatoms. The Morgan fingerprint density at radius 3 is 2.36 bits per heavy atom. The largest absolute Gasteiger partial charge is 0.0877 e. The Morgan fingerprint density at radius 1 is 1.36 bits per heavy atom. The monoisotopic (exact) mass is 151 g/mol. The highest BCUT2D eigenvalue weighted by atomic mass is 14.2. The van der Waals surface area contributed by atoms with Crippen LogP contribution >= 0.6 is 0 Å². The van der Waals surface area contributed by atoms with Gasteiger partial charge >= 0.3 is 0 Å². The van der Waals surface area contributed by atoms with E-state index >= 15 is 0 Å². The van der Waals surface area contributed by atoms with Crippen molar-refractivity contribution in [3.05, 3.63) is 24.8 Å². The van der Waals surface area contributed by atoms with Crippen molar-refractivity contribution in [2.45, 2.75) is 40.0 Å². The molecule has 0 spiro atoms. The molecule has 0 rings (SSSR count). The molecule has 0 aliphatic rings. The fraction of sp³-hybridized carbons (Fsp3) is 0.636. The summed E-state index contributed by atoms with van der Waals surface area (Å²) >= 11 is 0. The van der Waals surface area contributed by atoms with E-state index in [4.69, 9.17) is 6.58 Å². The highest BCUT2D eigenvalue weighted by Crippen LogP contribution is 2.23. The van der Waals surface area contributed by atoms with Gasteiger partial charge in [-0.1, -0.05) is 52.0 Å². The summed E-state index contributed by atoms with van der Waals surface area (Å²) in [5.41, 5.74) is 0.106. The van der Waals surface area contributed by atoms with Crippen LogP contribution in [0.1, 0.15) is 40.0 Å². The van der Waals surface area contributed by atoms with E-state index in [2.05, 4.69) is 32.9 Å². The predicted molar refractivity (Wildman–Crippen MR) is 51.3 cm³/mol. The second-order valence-electron chi connectivity index (χ2n) is 3.22. The van der Waals surface area contributed by atoms with Gasteiger partial charge in [-0.2, -0.15) is 0 Å². The Bertz CT molecular complexity index is 133. The summed E-state index contributed by atoms with van der Waals surface area (Å²) in [5.74, 6) is 0. The van der Waals surface area contributed by atoms with Crippen molar-refractivity contribution >= 4 is 0 Å². The fourth-order valence-corrected chi connectivity index (χ4v) is 0.810. The summed E-state index contributed by atoms with van der Waals surface area (Å²) in [6.07, 6.45) is 9.64. The fourth-order valence-electron chi connectivity index (χ4n) is 0.810. The van der Waals surface area contributed by atoms with Gasteiger partial charge in [0, 0.05) is 5.41 Å². The number of unbranched alkanes of at least 4 members (excludes halogenated alkanes) is 1. The van der Waals surface area contributed by atoms with Gasteiger partial charge < -0.3 is 0 Å². The first-order valence-electron chi connectivity index (χ1n) is 4.42. The van der Waals surface area contributed by atoms with Crippen LogP contribution in [0, 0.1) is 12.0 Å². The molecular weight excluding hydrogens is 132 g/mol. The van der Waals surface area contributed by atoms with Crippen LogP contribution in [-0.2, 0) is 0 Å². The standard InChI is InChI=1S/C11H19/c1-5-8-9-10-11(4,6-2)7-3/h2,6,9-10H,5,7-8H2,1,3-4H3. The van der Waals surface area contributed by atoms with E-state index in [9.17, 15) is 0 Å². The third kappa shape index (κ3) is 4.02. The van der Waals surface area contributed by atoms with Crippen LogP contribution in [0.15, 0.2) is 18.2 Å². The van der Waals surface area contributed by atoms with Crippen molar-refractivity contribution in [1.82, 2.24) is 0 Å². The van der Waals surface area contributed by atoms with Crippen molar-refractivity contribution < 1.29 is 0 Å². The summed E-state index contributed by atoms with van der Waals surface area (Å²) in [7, 11) is 0. The maximum absolute atomic E-state index is 5.52. The molecule has 0 bridgehead atoms. The third-order valence-corrected chi connectivity index (χ3v) is 2.10. The smallest absolute Gasteiger partial charge is 0.00331 e. The van der Waals surface area contributed by atoms with Crippen LogP contribution in [0.3, 0.4) is 0 Å². The minimum atomic E-state index is 0.106. The zero-order valence-electron chi connectivity index (χ0n) is 7.93. The summed E-state index contributed by atoms with van der Waals surface area (Å²) in [6.45, 7) is 12.0. The zero-order chi connectivity index (χ0) is 8.74. The van der Waals surface area contributed by atoms with Crippen molar-refractivity contribution in [2.24, 2.45) is 5.41 Å². The molecule has 1 radical (unpaired) electrons. The topological polar surface area (TPSA) is 0 Å². The van der Waals surface area contributed by atoms with E-state index in [0.29, 0.717) is 0 Å². The summed E-state index contributed by atoms with van der Waals surface area (Å²) in [4.78, 5) is 0. The lowest BCUT2D eigenvalue weighted by atomic mass is 9.87. The molecule has 1 atom stereocenters. The summed E-state index contributed by atoms with van der Waals surface area (Å²) < 4.78 is 0. The van der Waals surface area contributed by atoms with Crippen molar-refractivity contribution in [3.8, 4) is 0 Å². The molecule has 0 heterocycles. The number of hydrogen-bond acceptors (Lipinski definition) is 0. The maximum Gasteiger partial charge on any atom is 0.00331 e. The maximum atomic E-state index is 5.52. The molecule has 0 N–H and O–H groups in total. The third-order valence-electron chi connectivity index (χ3n) is 2.10. The highest BCUT2D eigenvalue weighted by molar-refractivity contribution is 5.05.